The van der Waals surface area contributed by atoms with Gasteiger partial charge in [-0.2, -0.15) is 11.8 Å². The van der Waals surface area contributed by atoms with Gasteiger partial charge in [0.1, 0.15) is 17.1 Å². The van der Waals surface area contributed by atoms with Crippen LogP contribution in [0.25, 0.3) is 0 Å². The molecule has 1 aliphatic rings. The lowest BCUT2D eigenvalue weighted by Crippen LogP contribution is -2.42. The molecule has 0 aliphatic heterocycles. The van der Waals surface area contributed by atoms with E-state index in [2.05, 4.69) is 11.6 Å². The largest absolute Gasteiger partial charge is 0.507 e. The second-order valence-electron chi connectivity index (χ2n) is 5.26. The van der Waals surface area contributed by atoms with Gasteiger partial charge >= 0.3 is 0 Å². The Bertz CT molecular complexity index is 467. The molecule has 1 fully saturated rings. The first-order valence-corrected chi connectivity index (χ1v) is 8.11. The molecule has 1 saturated carbocycles. The fourth-order valence-electron chi connectivity index (χ4n) is 2.72. The lowest BCUT2D eigenvalue weighted by atomic mass is 9.88. The van der Waals surface area contributed by atoms with Crippen LogP contribution < -0.4 is 5.32 Å². The van der Waals surface area contributed by atoms with E-state index in [1.807, 2.05) is 0 Å². The fraction of sp³-hybridized carbons (Fsp3) is 0.533. The van der Waals surface area contributed by atoms with Gasteiger partial charge < -0.3 is 10.4 Å². The summed E-state index contributed by atoms with van der Waals surface area (Å²) >= 11 is 1.77. The van der Waals surface area contributed by atoms with Crippen molar-refractivity contribution in [1.29, 1.82) is 0 Å². The van der Waals surface area contributed by atoms with Crippen molar-refractivity contribution in [2.45, 2.75) is 36.9 Å². The van der Waals surface area contributed by atoms with Gasteiger partial charge in [-0.3, -0.25) is 4.79 Å². The molecule has 0 spiro atoms. The number of aromatic hydroxyl groups is 1. The summed E-state index contributed by atoms with van der Waals surface area (Å²) in [5, 5.41) is 12.4. The molecule has 5 heteroatoms. The Morgan fingerprint density at radius 1 is 1.40 bits per heavy atom. The standard InChI is InChI=1S/C15H20FNO2S/c1-20-15(8-3-2-4-9-15)10-17-14(19)13-11(16)6-5-7-12(13)18/h5-7,18H,2-4,8-10H2,1H3,(H,17,19). The maximum Gasteiger partial charge on any atom is 0.258 e. The van der Waals surface area contributed by atoms with Gasteiger partial charge in [0.05, 0.1) is 0 Å². The molecule has 110 valence electrons. The first-order chi connectivity index (χ1) is 9.58. The van der Waals surface area contributed by atoms with E-state index in [-0.39, 0.29) is 16.1 Å². The quantitative estimate of drug-likeness (QED) is 0.896. The van der Waals surface area contributed by atoms with Crippen molar-refractivity contribution in [3.8, 4) is 5.75 Å². The first kappa shape index (κ1) is 15.2. The molecule has 0 unspecified atom stereocenters. The summed E-state index contributed by atoms with van der Waals surface area (Å²) < 4.78 is 13.7. The van der Waals surface area contributed by atoms with Gasteiger partial charge in [0.15, 0.2) is 0 Å². The molecule has 3 nitrogen and oxygen atoms in total. The van der Waals surface area contributed by atoms with Gasteiger partial charge in [-0.05, 0) is 31.2 Å². The van der Waals surface area contributed by atoms with Crippen LogP contribution in [0.5, 0.6) is 5.75 Å². The van der Waals surface area contributed by atoms with Crippen LogP contribution in [0.2, 0.25) is 0 Å². The molecule has 2 rings (SSSR count). The normalized spacial score (nSPS) is 17.7. The van der Waals surface area contributed by atoms with Crippen LogP contribution in [0.1, 0.15) is 42.5 Å². The summed E-state index contributed by atoms with van der Waals surface area (Å²) in [7, 11) is 0. The molecule has 0 heterocycles. The van der Waals surface area contributed by atoms with Crippen molar-refractivity contribution < 1.29 is 14.3 Å². The molecule has 1 amide bonds. The molecule has 1 aliphatic carbocycles. The van der Waals surface area contributed by atoms with Crippen LogP contribution in [0, 0.1) is 5.82 Å². The Hall–Kier alpha value is -1.23. The van der Waals surface area contributed by atoms with Crippen LogP contribution in [0.15, 0.2) is 18.2 Å². The van der Waals surface area contributed by atoms with E-state index in [1.54, 1.807) is 11.8 Å². The number of thioether (sulfide) groups is 1. The molecular weight excluding hydrogens is 277 g/mol. The van der Waals surface area contributed by atoms with Crippen LogP contribution in [-0.2, 0) is 0 Å². The average molecular weight is 297 g/mol. The number of rotatable bonds is 4. The zero-order valence-electron chi connectivity index (χ0n) is 11.6. The van der Waals surface area contributed by atoms with Gasteiger partial charge in [0.25, 0.3) is 5.91 Å². The summed E-state index contributed by atoms with van der Waals surface area (Å²) in [6, 6.07) is 3.88. The van der Waals surface area contributed by atoms with E-state index < -0.39 is 11.7 Å². The van der Waals surface area contributed by atoms with E-state index in [9.17, 15) is 14.3 Å². The van der Waals surface area contributed by atoms with Crippen molar-refractivity contribution >= 4 is 17.7 Å². The summed E-state index contributed by atoms with van der Waals surface area (Å²) in [6.07, 6.45) is 7.77. The number of phenolic OH excluding ortho intramolecular Hbond substituents is 1. The van der Waals surface area contributed by atoms with Crippen molar-refractivity contribution in [3.63, 3.8) is 0 Å². The van der Waals surface area contributed by atoms with Crippen molar-refractivity contribution in [2.75, 3.05) is 12.8 Å². The van der Waals surface area contributed by atoms with E-state index in [4.69, 9.17) is 0 Å². The predicted octanol–water partition coefficient (Wildman–Crippen LogP) is 3.33. The number of nitrogens with one attached hydrogen (secondary N) is 1. The molecule has 2 N–H and O–H groups in total. The van der Waals surface area contributed by atoms with Crippen LogP contribution >= 0.6 is 11.8 Å². The summed E-state index contributed by atoms with van der Waals surface area (Å²) in [5.41, 5.74) is -0.264. The molecule has 1 aromatic carbocycles. The Morgan fingerprint density at radius 2 is 2.10 bits per heavy atom. The maximum atomic E-state index is 13.6. The molecular formula is C15H20FNO2S. The maximum absolute atomic E-state index is 13.6. The van der Waals surface area contributed by atoms with E-state index in [0.717, 1.165) is 12.8 Å². The molecule has 0 bridgehead atoms. The topological polar surface area (TPSA) is 49.3 Å². The molecule has 0 saturated heterocycles. The zero-order valence-corrected chi connectivity index (χ0v) is 12.4. The lowest BCUT2D eigenvalue weighted by Gasteiger charge is -2.35. The van der Waals surface area contributed by atoms with Gasteiger partial charge in [-0.1, -0.05) is 25.3 Å². The van der Waals surface area contributed by atoms with Crippen LogP contribution in [0.3, 0.4) is 0 Å². The smallest absolute Gasteiger partial charge is 0.258 e. The zero-order chi connectivity index (χ0) is 14.6. The Morgan fingerprint density at radius 3 is 2.70 bits per heavy atom. The number of hydrogen-bond donors (Lipinski definition) is 2. The third-order valence-corrected chi connectivity index (χ3v) is 5.41. The monoisotopic (exact) mass is 297 g/mol. The van der Waals surface area contributed by atoms with E-state index in [0.29, 0.717) is 6.54 Å². The number of carbonyl (C=O) groups excluding carboxylic acids is 1. The Kier molecular flexibility index (Phi) is 4.91. The number of phenols is 1. The Balaban J connectivity index is 2.04. The van der Waals surface area contributed by atoms with Gasteiger partial charge in [0.2, 0.25) is 0 Å². The number of halogens is 1. The predicted molar refractivity (Wildman–Crippen MR) is 79.7 cm³/mol. The van der Waals surface area contributed by atoms with Gasteiger partial charge in [-0.15, -0.1) is 0 Å². The number of benzene rings is 1. The second kappa shape index (κ2) is 6.48. The molecule has 0 atom stereocenters. The van der Waals surface area contributed by atoms with Crippen molar-refractivity contribution in [2.24, 2.45) is 0 Å². The molecule has 1 aromatic rings. The second-order valence-corrected chi connectivity index (χ2v) is 6.54. The van der Waals surface area contributed by atoms with Gasteiger partial charge in [-0.25, -0.2) is 4.39 Å². The average Bonchev–Trinajstić information content (AvgIpc) is 2.46. The highest BCUT2D eigenvalue weighted by atomic mass is 32.2. The highest BCUT2D eigenvalue weighted by Crippen LogP contribution is 2.38. The highest BCUT2D eigenvalue weighted by Gasteiger charge is 2.32. The third kappa shape index (κ3) is 3.26. The van der Waals surface area contributed by atoms with Gasteiger partial charge in [0, 0.05) is 11.3 Å². The number of amides is 1. The number of carbonyl (C=O) groups is 1. The van der Waals surface area contributed by atoms with Crippen LogP contribution in [-0.4, -0.2) is 28.6 Å². The summed E-state index contributed by atoms with van der Waals surface area (Å²) in [6.45, 7) is 0.515. The first-order valence-electron chi connectivity index (χ1n) is 6.89. The summed E-state index contributed by atoms with van der Waals surface area (Å²) in [4.78, 5) is 12.1. The Labute approximate surface area is 123 Å². The summed E-state index contributed by atoms with van der Waals surface area (Å²) in [5.74, 6) is -1.55. The van der Waals surface area contributed by atoms with Crippen molar-refractivity contribution in [1.82, 2.24) is 5.32 Å². The molecule has 0 radical (unpaired) electrons. The fourth-order valence-corrected chi connectivity index (χ4v) is 3.63. The van der Waals surface area contributed by atoms with Crippen molar-refractivity contribution in [3.05, 3.63) is 29.6 Å². The minimum atomic E-state index is -0.690. The van der Waals surface area contributed by atoms with E-state index >= 15 is 0 Å². The lowest BCUT2D eigenvalue weighted by molar-refractivity contribution is 0.0940. The molecule has 20 heavy (non-hydrogen) atoms. The third-order valence-electron chi connectivity index (χ3n) is 3.99. The van der Waals surface area contributed by atoms with E-state index in [1.165, 1.54) is 37.5 Å². The molecule has 0 aromatic heterocycles. The minimum absolute atomic E-state index is 0.0504. The SMILES string of the molecule is CSC1(CNC(=O)c2c(O)cccc2F)CCCCC1. The highest BCUT2D eigenvalue weighted by molar-refractivity contribution is 8.00. The number of hydrogen-bond acceptors (Lipinski definition) is 3. The minimum Gasteiger partial charge on any atom is -0.507 e. The van der Waals surface area contributed by atoms with Crippen LogP contribution in [0.4, 0.5) is 4.39 Å².